The summed E-state index contributed by atoms with van der Waals surface area (Å²) in [6.45, 7) is 2.01. The van der Waals surface area contributed by atoms with Crippen LogP contribution in [0.25, 0.3) is 22.7 Å². The molecule has 1 aliphatic heterocycles. The summed E-state index contributed by atoms with van der Waals surface area (Å²) in [6, 6.07) is 6.25. The average molecular weight is 361 g/mol. The number of hydrogen-bond donors (Lipinski definition) is 1. The third-order valence-electron chi connectivity index (χ3n) is 4.71. The summed E-state index contributed by atoms with van der Waals surface area (Å²) in [5.41, 5.74) is 1.45. The van der Waals surface area contributed by atoms with Crippen LogP contribution in [-0.4, -0.2) is 27.8 Å². The van der Waals surface area contributed by atoms with Gasteiger partial charge in [0.1, 0.15) is 23.0 Å². The van der Waals surface area contributed by atoms with E-state index in [-0.39, 0.29) is 5.56 Å². The van der Waals surface area contributed by atoms with E-state index in [2.05, 4.69) is 15.5 Å². The van der Waals surface area contributed by atoms with Crippen LogP contribution >= 0.6 is 11.6 Å². The predicted octanol–water partition coefficient (Wildman–Crippen LogP) is 4.00. The van der Waals surface area contributed by atoms with Crippen molar-refractivity contribution in [2.45, 2.75) is 18.8 Å². The number of aromatic nitrogens is 3. The average Bonchev–Trinajstić information content (AvgIpc) is 3.22. The van der Waals surface area contributed by atoms with Crippen LogP contribution in [0.1, 0.15) is 24.6 Å². The first-order valence-electron chi connectivity index (χ1n) is 8.29. The van der Waals surface area contributed by atoms with Crippen molar-refractivity contribution in [3.63, 3.8) is 0 Å². The Hall–Kier alpha value is -2.18. The number of benzene rings is 1. The highest BCUT2D eigenvalue weighted by Gasteiger charge is 2.23. The van der Waals surface area contributed by atoms with Crippen LogP contribution in [0.3, 0.4) is 0 Å². The molecule has 1 N–H and O–H groups in total. The Morgan fingerprint density at radius 2 is 2.12 bits per heavy atom. The Morgan fingerprint density at radius 3 is 2.88 bits per heavy atom. The summed E-state index contributed by atoms with van der Waals surface area (Å²) >= 11 is 6.11. The number of nitrogens with one attached hydrogen (secondary N) is 1. The Morgan fingerprint density at radius 1 is 1.32 bits per heavy atom. The fourth-order valence-corrected chi connectivity index (χ4v) is 3.63. The first kappa shape index (κ1) is 16.3. The summed E-state index contributed by atoms with van der Waals surface area (Å²) < 4.78 is 21.6. The summed E-state index contributed by atoms with van der Waals surface area (Å²) in [7, 11) is 1.97. The molecule has 25 heavy (non-hydrogen) atoms. The molecule has 2 aromatic heterocycles. The van der Waals surface area contributed by atoms with Gasteiger partial charge in [0.2, 0.25) is 0 Å². The third-order valence-corrected chi connectivity index (χ3v) is 5.02. The Kier molecular flexibility index (Phi) is 4.31. The second kappa shape index (κ2) is 6.61. The van der Waals surface area contributed by atoms with Gasteiger partial charge in [0.05, 0.1) is 16.8 Å². The standard InChI is InChI=1S/C18H18ClFN4O/c1-24-15(10-22-18(24)11-5-7-21-8-6-11)16-9-14(23-25-16)17-12(19)3-2-4-13(17)20/h2-4,9-11,21H,5-8H2,1H3. The van der Waals surface area contributed by atoms with Crippen molar-refractivity contribution in [2.24, 2.45) is 7.05 Å². The van der Waals surface area contributed by atoms with Crippen molar-refractivity contribution < 1.29 is 8.91 Å². The minimum absolute atomic E-state index is 0.250. The third kappa shape index (κ3) is 2.96. The molecular formula is C18H18ClFN4O. The van der Waals surface area contributed by atoms with Crippen molar-refractivity contribution >= 4 is 11.6 Å². The summed E-state index contributed by atoms with van der Waals surface area (Å²) in [6.07, 6.45) is 3.91. The molecule has 1 aromatic carbocycles. The molecule has 0 aliphatic carbocycles. The number of rotatable bonds is 3. The highest BCUT2D eigenvalue weighted by Crippen LogP contribution is 2.33. The van der Waals surface area contributed by atoms with Crippen LogP contribution < -0.4 is 5.32 Å². The molecule has 0 atom stereocenters. The van der Waals surface area contributed by atoms with Crippen LogP contribution in [0.4, 0.5) is 4.39 Å². The normalized spacial score (nSPS) is 15.6. The number of nitrogens with zero attached hydrogens (tertiary/aromatic N) is 3. The van der Waals surface area contributed by atoms with E-state index in [4.69, 9.17) is 16.1 Å². The number of hydrogen-bond acceptors (Lipinski definition) is 4. The van der Waals surface area contributed by atoms with Gasteiger partial charge in [0.15, 0.2) is 5.76 Å². The van der Waals surface area contributed by atoms with Gasteiger partial charge < -0.3 is 14.4 Å². The summed E-state index contributed by atoms with van der Waals surface area (Å²) in [5, 5.41) is 7.66. The van der Waals surface area contributed by atoms with Gasteiger partial charge in [-0.1, -0.05) is 22.8 Å². The van der Waals surface area contributed by atoms with Crippen molar-refractivity contribution in [1.29, 1.82) is 0 Å². The highest BCUT2D eigenvalue weighted by atomic mass is 35.5. The maximum atomic E-state index is 14.1. The molecule has 0 saturated carbocycles. The molecule has 5 nitrogen and oxygen atoms in total. The van der Waals surface area contributed by atoms with Gasteiger partial charge in [0, 0.05) is 19.0 Å². The molecule has 0 spiro atoms. The van der Waals surface area contributed by atoms with E-state index >= 15 is 0 Å². The van der Waals surface area contributed by atoms with Gasteiger partial charge in [0.25, 0.3) is 0 Å². The molecule has 3 aromatic rings. The van der Waals surface area contributed by atoms with Gasteiger partial charge in [-0.15, -0.1) is 0 Å². The Balaban J connectivity index is 1.68. The zero-order valence-corrected chi connectivity index (χ0v) is 14.6. The van der Waals surface area contributed by atoms with Crippen LogP contribution in [0.5, 0.6) is 0 Å². The lowest BCUT2D eigenvalue weighted by atomic mass is 9.97. The molecular weight excluding hydrogens is 343 g/mol. The molecule has 7 heteroatoms. The van der Waals surface area contributed by atoms with Crippen molar-refractivity contribution in [1.82, 2.24) is 20.0 Å². The van der Waals surface area contributed by atoms with E-state index in [0.29, 0.717) is 22.4 Å². The van der Waals surface area contributed by atoms with Gasteiger partial charge in [-0.3, -0.25) is 0 Å². The second-order valence-corrected chi connectivity index (χ2v) is 6.67. The SMILES string of the molecule is Cn1c(-c2cc(-c3c(F)cccc3Cl)no2)cnc1C1CCNCC1. The van der Waals surface area contributed by atoms with Crippen LogP contribution in [0, 0.1) is 5.82 Å². The molecule has 1 aliphatic rings. The van der Waals surface area contributed by atoms with E-state index in [1.807, 2.05) is 11.6 Å². The maximum Gasteiger partial charge on any atom is 0.185 e. The Labute approximate surface area is 149 Å². The van der Waals surface area contributed by atoms with E-state index in [9.17, 15) is 4.39 Å². The monoisotopic (exact) mass is 360 g/mol. The minimum atomic E-state index is -0.423. The molecule has 0 bridgehead atoms. The minimum Gasteiger partial charge on any atom is -0.354 e. The smallest absolute Gasteiger partial charge is 0.185 e. The molecule has 4 rings (SSSR count). The zero-order valence-electron chi connectivity index (χ0n) is 13.8. The molecule has 130 valence electrons. The van der Waals surface area contributed by atoms with Gasteiger partial charge >= 0.3 is 0 Å². The van der Waals surface area contributed by atoms with E-state index in [0.717, 1.165) is 37.4 Å². The molecule has 1 fully saturated rings. The topological polar surface area (TPSA) is 55.9 Å². The quantitative estimate of drug-likeness (QED) is 0.767. The first-order valence-corrected chi connectivity index (χ1v) is 8.66. The number of piperidine rings is 1. The van der Waals surface area contributed by atoms with E-state index in [1.165, 1.54) is 6.07 Å². The zero-order chi connectivity index (χ0) is 17.4. The molecule has 0 amide bonds. The molecule has 0 unspecified atom stereocenters. The molecule has 0 radical (unpaired) electrons. The van der Waals surface area contributed by atoms with Crippen LogP contribution in [0.2, 0.25) is 5.02 Å². The van der Waals surface area contributed by atoms with Crippen molar-refractivity contribution in [3.05, 3.63) is 47.1 Å². The highest BCUT2D eigenvalue weighted by molar-refractivity contribution is 6.33. The fourth-order valence-electron chi connectivity index (χ4n) is 3.37. The molecule has 1 saturated heterocycles. The lowest BCUT2D eigenvalue weighted by molar-refractivity contribution is 0.426. The maximum absolute atomic E-state index is 14.1. The Bertz CT molecular complexity index is 878. The van der Waals surface area contributed by atoms with Crippen LogP contribution in [-0.2, 0) is 7.05 Å². The van der Waals surface area contributed by atoms with Gasteiger partial charge in [-0.05, 0) is 38.1 Å². The number of halogens is 2. The van der Waals surface area contributed by atoms with Crippen LogP contribution in [0.15, 0.2) is 35.0 Å². The number of imidazole rings is 1. The van der Waals surface area contributed by atoms with Gasteiger partial charge in [-0.25, -0.2) is 9.37 Å². The largest absolute Gasteiger partial charge is 0.354 e. The lowest BCUT2D eigenvalue weighted by Crippen LogP contribution is -2.27. The summed E-state index contributed by atoms with van der Waals surface area (Å²) in [4.78, 5) is 4.58. The lowest BCUT2D eigenvalue weighted by Gasteiger charge is -2.22. The predicted molar refractivity (Wildman–Crippen MR) is 94.0 cm³/mol. The van der Waals surface area contributed by atoms with E-state index in [1.54, 1.807) is 24.4 Å². The van der Waals surface area contributed by atoms with E-state index < -0.39 is 5.82 Å². The van der Waals surface area contributed by atoms with Crippen molar-refractivity contribution in [2.75, 3.05) is 13.1 Å². The van der Waals surface area contributed by atoms with Gasteiger partial charge in [-0.2, -0.15) is 0 Å². The second-order valence-electron chi connectivity index (χ2n) is 6.26. The van der Waals surface area contributed by atoms with Crippen molar-refractivity contribution in [3.8, 4) is 22.7 Å². The molecule has 3 heterocycles. The first-order chi connectivity index (χ1) is 12.1. The fraction of sp³-hybridized carbons (Fsp3) is 0.333. The summed E-state index contributed by atoms with van der Waals surface area (Å²) in [5.74, 6) is 1.60.